The highest BCUT2D eigenvalue weighted by Gasteiger charge is 2.19. The first-order valence-corrected chi connectivity index (χ1v) is 12.6. The van der Waals surface area contributed by atoms with E-state index in [4.69, 9.17) is 11.6 Å². The van der Waals surface area contributed by atoms with Crippen LogP contribution in [0.4, 0.5) is 5.69 Å². The van der Waals surface area contributed by atoms with Crippen LogP contribution in [0, 0.1) is 0 Å². The fourth-order valence-electron chi connectivity index (χ4n) is 3.92. The van der Waals surface area contributed by atoms with Crippen LogP contribution < -0.4 is 9.62 Å². The molecule has 0 radical (unpaired) electrons. The maximum atomic E-state index is 12.4. The lowest BCUT2D eigenvalue weighted by Gasteiger charge is -2.23. The molecule has 0 saturated carbocycles. The largest absolute Gasteiger partial charge is 0.350 e. The Morgan fingerprint density at radius 3 is 2.57 bits per heavy atom. The number of anilines is 1. The van der Waals surface area contributed by atoms with Gasteiger partial charge in [0.05, 0.1) is 18.0 Å². The zero-order chi connectivity index (χ0) is 21.7. The van der Waals surface area contributed by atoms with E-state index in [0.717, 1.165) is 24.7 Å². The lowest BCUT2D eigenvalue weighted by molar-refractivity contribution is -0.121. The predicted octanol–water partition coefficient (Wildman–Crippen LogP) is 4.64. The van der Waals surface area contributed by atoms with Crippen molar-refractivity contribution >= 4 is 33.2 Å². The van der Waals surface area contributed by atoms with Crippen LogP contribution >= 0.6 is 11.6 Å². The van der Waals surface area contributed by atoms with E-state index < -0.39 is 10.0 Å². The second-order valence-electron chi connectivity index (χ2n) is 7.94. The molecular formula is C23H29ClN2O3S. The van der Waals surface area contributed by atoms with E-state index in [9.17, 15) is 13.2 Å². The molecule has 0 aromatic heterocycles. The zero-order valence-corrected chi connectivity index (χ0v) is 19.1. The quantitative estimate of drug-likeness (QED) is 0.639. The van der Waals surface area contributed by atoms with E-state index >= 15 is 0 Å². The van der Waals surface area contributed by atoms with Crippen LogP contribution in [0.5, 0.6) is 0 Å². The first kappa shape index (κ1) is 22.6. The summed E-state index contributed by atoms with van der Waals surface area (Å²) in [6, 6.07) is 13.1. The maximum Gasteiger partial charge on any atom is 0.232 e. The van der Waals surface area contributed by atoms with E-state index in [0.29, 0.717) is 17.1 Å². The Balaban J connectivity index is 1.55. The SMILES string of the molecule is C[C@@H](NC(=O)CCCN(c1cccc(Cl)c1)S(C)(=O)=O)c1ccc2c(c1)CCCC2. The summed E-state index contributed by atoms with van der Waals surface area (Å²) in [4.78, 5) is 12.4. The number of aryl methyl sites for hydroxylation is 2. The number of hydrogen-bond acceptors (Lipinski definition) is 3. The van der Waals surface area contributed by atoms with Crippen molar-refractivity contribution in [3.63, 3.8) is 0 Å². The van der Waals surface area contributed by atoms with Crippen LogP contribution in [0.2, 0.25) is 5.02 Å². The van der Waals surface area contributed by atoms with E-state index in [1.807, 2.05) is 6.92 Å². The minimum Gasteiger partial charge on any atom is -0.350 e. The molecule has 0 bridgehead atoms. The van der Waals surface area contributed by atoms with Gasteiger partial charge in [-0.25, -0.2) is 8.42 Å². The Morgan fingerprint density at radius 1 is 1.13 bits per heavy atom. The van der Waals surface area contributed by atoms with E-state index in [1.165, 1.54) is 28.3 Å². The first-order valence-electron chi connectivity index (χ1n) is 10.4. The van der Waals surface area contributed by atoms with Gasteiger partial charge in [-0.05, 0) is 73.9 Å². The third kappa shape index (κ3) is 5.99. The number of halogens is 1. The van der Waals surface area contributed by atoms with Gasteiger partial charge in [-0.1, -0.05) is 35.9 Å². The van der Waals surface area contributed by atoms with E-state index in [-0.39, 0.29) is 24.9 Å². The smallest absolute Gasteiger partial charge is 0.232 e. The summed E-state index contributed by atoms with van der Waals surface area (Å²) >= 11 is 6.00. The van der Waals surface area contributed by atoms with Gasteiger partial charge in [-0.3, -0.25) is 9.10 Å². The number of nitrogens with one attached hydrogen (secondary N) is 1. The Morgan fingerprint density at radius 2 is 1.87 bits per heavy atom. The lowest BCUT2D eigenvalue weighted by atomic mass is 9.89. The summed E-state index contributed by atoms with van der Waals surface area (Å²) in [5, 5.41) is 3.51. The topological polar surface area (TPSA) is 66.5 Å². The molecule has 2 aromatic rings. The summed E-state index contributed by atoms with van der Waals surface area (Å²) in [7, 11) is -3.46. The zero-order valence-electron chi connectivity index (χ0n) is 17.5. The van der Waals surface area contributed by atoms with Crippen molar-refractivity contribution in [3.05, 3.63) is 64.2 Å². The van der Waals surface area contributed by atoms with Crippen LogP contribution in [0.3, 0.4) is 0 Å². The molecule has 2 aromatic carbocycles. The van der Waals surface area contributed by atoms with Gasteiger partial charge < -0.3 is 5.32 Å². The molecule has 0 aliphatic heterocycles. The van der Waals surface area contributed by atoms with Crippen molar-refractivity contribution in [2.75, 3.05) is 17.1 Å². The fraction of sp³-hybridized carbons (Fsp3) is 0.435. The third-order valence-electron chi connectivity index (χ3n) is 5.51. The normalized spacial score (nSPS) is 14.6. The molecule has 0 heterocycles. The van der Waals surface area contributed by atoms with Gasteiger partial charge in [0.2, 0.25) is 15.9 Å². The summed E-state index contributed by atoms with van der Waals surface area (Å²) in [6.45, 7) is 2.21. The van der Waals surface area contributed by atoms with Crippen LogP contribution in [-0.2, 0) is 27.7 Å². The highest BCUT2D eigenvalue weighted by Crippen LogP contribution is 2.25. The molecule has 1 atom stereocenters. The first-order chi connectivity index (χ1) is 14.2. The Labute approximate surface area is 184 Å². The van der Waals surface area contributed by atoms with Gasteiger partial charge in [-0.15, -0.1) is 0 Å². The summed E-state index contributed by atoms with van der Waals surface area (Å²) in [5.41, 5.74) is 4.43. The van der Waals surface area contributed by atoms with Crippen LogP contribution in [0.1, 0.15) is 55.3 Å². The standard InChI is InChI=1S/C23H29ClN2O3S/c1-17(19-13-12-18-7-3-4-8-20(18)15-19)25-23(27)11-6-14-26(30(2,28)29)22-10-5-9-21(24)16-22/h5,9-10,12-13,15-17H,3-4,6-8,11,14H2,1-2H3,(H,25,27)/t17-/m1/s1. The molecule has 30 heavy (non-hydrogen) atoms. The second kappa shape index (κ2) is 9.84. The lowest BCUT2D eigenvalue weighted by Crippen LogP contribution is -2.32. The average Bonchev–Trinajstić information content (AvgIpc) is 2.69. The number of benzene rings is 2. The summed E-state index contributed by atoms with van der Waals surface area (Å²) in [6.07, 6.45) is 6.55. The summed E-state index contributed by atoms with van der Waals surface area (Å²) < 4.78 is 25.7. The molecule has 0 unspecified atom stereocenters. The number of hydrogen-bond donors (Lipinski definition) is 1. The van der Waals surface area contributed by atoms with Crippen molar-refractivity contribution in [3.8, 4) is 0 Å². The molecule has 162 valence electrons. The Kier molecular flexibility index (Phi) is 7.42. The molecule has 0 fully saturated rings. The summed E-state index contributed by atoms with van der Waals surface area (Å²) in [5.74, 6) is -0.0836. The number of amides is 1. The van der Waals surface area contributed by atoms with Gasteiger partial charge >= 0.3 is 0 Å². The molecule has 1 aliphatic rings. The number of carbonyl (C=O) groups is 1. The van der Waals surface area contributed by atoms with Crippen molar-refractivity contribution in [1.29, 1.82) is 0 Å². The van der Waals surface area contributed by atoms with Crippen molar-refractivity contribution < 1.29 is 13.2 Å². The molecule has 5 nitrogen and oxygen atoms in total. The van der Waals surface area contributed by atoms with Gasteiger partial charge in [0.1, 0.15) is 0 Å². The predicted molar refractivity (Wildman–Crippen MR) is 123 cm³/mol. The van der Waals surface area contributed by atoms with Crippen LogP contribution in [0.25, 0.3) is 0 Å². The third-order valence-corrected chi connectivity index (χ3v) is 6.94. The van der Waals surface area contributed by atoms with Crippen LogP contribution in [-0.4, -0.2) is 27.1 Å². The van der Waals surface area contributed by atoms with Crippen molar-refractivity contribution in [1.82, 2.24) is 5.32 Å². The van der Waals surface area contributed by atoms with Crippen LogP contribution in [0.15, 0.2) is 42.5 Å². The van der Waals surface area contributed by atoms with Gasteiger partial charge in [0, 0.05) is 18.0 Å². The monoisotopic (exact) mass is 448 g/mol. The van der Waals surface area contributed by atoms with Crippen molar-refractivity contribution in [2.24, 2.45) is 0 Å². The molecule has 1 amide bonds. The van der Waals surface area contributed by atoms with Gasteiger partial charge in [0.25, 0.3) is 0 Å². The van der Waals surface area contributed by atoms with Gasteiger partial charge in [0.15, 0.2) is 0 Å². The number of sulfonamides is 1. The highest BCUT2D eigenvalue weighted by molar-refractivity contribution is 7.92. The molecule has 1 aliphatic carbocycles. The highest BCUT2D eigenvalue weighted by atomic mass is 35.5. The van der Waals surface area contributed by atoms with E-state index in [2.05, 4.69) is 23.5 Å². The van der Waals surface area contributed by atoms with E-state index in [1.54, 1.807) is 24.3 Å². The number of fused-ring (bicyclic) bond motifs is 1. The van der Waals surface area contributed by atoms with Crippen molar-refractivity contribution in [2.45, 2.75) is 51.5 Å². The Bertz CT molecular complexity index is 1010. The Hall–Kier alpha value is -2.05. The fourth-order valence-corrected chi connectivity index (χ4v) is 5.06. The molecule has 1 N–H and O–H groups in total. The minimum atomic E-state index is -3.46. The number of rotatable bonds is 8. The molecule has 3 rings (SSSR count). The molecule has 0 saturated heterocycles. The maximum absolute atomic E-state index is 12.4. The second-order valence-corrected chi connectivity index (χ2v) is 10.3. The number of carbonyl (C=O) groups excluding carboxylic acids is 1. The molecular weight excluding hydrogens is 420 g/mol. The average molecular weight is 449 g/mol. The van der Waals surface area contributed by atoms with Gasteiger partial charge in [-0.2, -0.15) is 0 Å². The minimum absolute atomic E-state index is 0.0799. The number of nitrogens with zero attached hydrogens (tertiary/aromatic N) is 1. The molecule has 7 heteroatoms. The molecule has 0 spiro atoms.